The van der Waals surface area contributed by atoms with Crippen LogP contribution in [0.4, 0.5) is 22.7 Å². The zero-order chi connectivity index (χ0) is 27.5. The van der Waals surface area contributed by atoms with Gasteiger partial charge in [-0.15, -0.1) is 0 Å². The van der Waals surface area contributed by atoms with Gasteiger partial charge in [0, 0.05) is 33.9 Å². The molecule has 0 saturated carbocycles. The largest absolute Gasteiger partial charge is 0.508 e. The number of nitrogens with two attached hydrogens (primary N) is 3. The third kappa shape index (κ3) is 5.42. The highest BCUT2D eigenvalue weighted by atomic mass is 16.3. The molecular weight excluding hydrogens is 488 g/mol. The first-order valence-electron chi connectivity index (χ1n) is 12.2. The maximum atomic E-state index is 14.1. The molecule has 0 fully saturated rings. The first kappa shape index (κ1) is 25.1. The molecule has 5 rings (SSSR count). The lowest BCUT2D eigenvalue weighted by Gasteiger charge is -2.25. The Kier molecular flexibility index (Phi) is 6.72. The number of nitrogens with zero attached hydrogens (tertiary/aromatic N) is 1. The summed E-state index contributed by atoms with van der Waals surface area (Å²) >= 11 is 0. The molecule has 7 N–H and O–H groups in total. The van der Waals surface area contributed by atoms with Gasteiger partial charge in [-0.25, -0.2) is 0 Å². The summed E-state index contributed by atoms with van der Waals surface area (Å²) in [7, 11) is 0. The molecule has 0 aliphatic rings. The maximum absolute atomic E-state index is 14.1. The summed E-state index contributed by atoms with van der Waals surface area (Å²) in [6.45, 7) is 0. The first-order valence-corrected chi connectivity index (χ1v) is 12.2. The number of phenols is 1. The zero-order valence-electron chi connectivity index (χ0n) is 20.9. The van der Waals surface area contributed by atoms with Crippen molar-refractivity contribution < 1.29 is 14.7 Å². The van der Waals surface area contributed by atoms with Gasteiger partial charge < -0.3 is 22.3 Å². The average Bonchev–Trinajstić information content (AvgIpc) is 2.93. The van der Waals surface area contributed by atoms with Gasteiger partial charge in [-0.3, -0.25) is 14.5 Å². The Morgan fingerprint density at radius 3 is 1.46 bits per heavy atom. The van der Waals surface area contributed by atoms with Crippen molar-refractivity contribution in [3.05, 3.63) is 126 Å². The Hall–Kier alpha value is -5.56. The molecule has 0 aromatic heterocycles. The lowest BCUT2D eigenvalue weighted by molar-refractivity contribution is 0.0998. The second-order valence-electron chi connectivity index (χ2n) is 9.12. The SMILES string of the molecule is NC(=O)c1cc(O)cc(C(=O)N(c2cccc(-c3cccc(N)c3)c2)c2cccc(-c3cccc(N)c3)c2)c1. The summed E-state index contributed by atoms with van der Waals surface area (Å²) in [6, 6.07) is 33.9. The summed E-state index contributed by atoms with van der Waals surface area (Å²) in [4.78, 5) is 27.5. The molecule has 39 heavy (non-hydrogen) atoms. The standard InChI is InChI=1S/C32H26N4O3/c33-26-9-1-5-20(14-26)22-7-3-11-28(16-22)36(32(39)25-13-24(31(35)38)18-30(37)19-25)29-12-4-8-23(17-29)21-6-2-10-27(34)15-21/h1-19,37H,33-34H2,(H2,35,38). The molecule has 2 amide bonds. The van der Waals surface area contributed by atoms with Crippen molar-refractivity contribution >= 4 is 34.6 Å². The number of carbonyl (C=O) groups is 2. The summed E-state index contributed by atoms with van der Waals surface area (Å²) in [5.41, 5.74) is 23.5. The molecule has 5 aromatic rings. The third-order valence-corrected chi connectivity index (χ3v) is 6.30. The Morgan fingerprint density at radius 1 is 0.564 bits per heavy atom. The van der Waals surface area contributed by atoms with Crippen molar-refractivity contribution in [1.29, 1.82) is 0 Å². The van der Waals surface area contributed by atoms with Gasteiger partial charge in [0.2, 0.25) is 5.91 Å². The minimum Gasteiger partial charge on any atom is -0.508 e. The van der Waals surface area contributed by atoms with Crippen molar-refractivity contribution in [2.75, 3.05) is 16.4 Å². The molecule has 0 aliphatic heterocycles. The van der Waals surface area contributed by atoms with Gasteiger partial charge in [-0.1, -0.05) is 48.5 Å². The topological polar surface area (TPSA) is 136 Å². The van der Waals surface area contributed by atoms with Gasteiger partial charge in [-0.05, 0) is 89.0 Å². The number of phenolic OH excluding ortho intramolecular Hbond substituents is 1. The van der Waals surface area contributed by atoms with Crippen LogP contribution in [0, 0.1) is 0 Å². The van der Waals surface area contributed by atoms with Gasteiger partial charge in [0.25, 0.3) is 5.91 Å². The van der Waals surface area contributed by atoms with Crippen LogP contribution in [-0.4, -0.2) is 16.9 Å². The smallest absolute Gasteiger partial charge is 0.262 e. The number of hydrogen-bond acceptors (Lipinski definition) is 5. The second-order valence-corrected chi connectivity index (χ2v) is 9.12. The second kappa shape index (κ2) is 10.4. The van der Waals surface area contributed by atoms with Gasteiger partial charge in [0.05, 0.1) is 0 Å². The van der Waals surface area contributed by atoms with Crippen molar-refractivity contribution in [2.24, 2.45) is 5.73 Å². The van der Waals surface area contributed by atoms with Crippen LogP contribution in [0.15, 0.2) is 115 Å². The van der Waals surface area contributed by atoms with E-state index in [1.165, 1.54) is 23.1 Å². The number of aromatic hydroxyl groups is 1. The number of anilines is 4. The van der Waals surface area contributed by atoms with E-state index < -0.39 is 11.8 Å². The number of nitrogen functional groups attached to an aromatic ring is 2. The number of carbonyl (C=O) groups excluding carboxylic acids is 2. The summed E-state index contributed by atoms with van der Waals surface area (Å²) in [5, 5.41) is 10.2. The van der Waals surface area contributed by atoms with Crippen LogP contribution >= 0.6 is 0 Å². The molecule has 0 radical (unpaired) electrons. The van der Waals surface area contributed by atoms with Crippen LogP contribution in [0.25, 0.3) is 22.3 Å². The predicted molar refractivity (Wildman–Crippen MR) is 156 cm³/mol. The molecule has 0 unspecified atom stereocenters. The number of rotatable bonds is 6. The normalized spacial score (nSPS) is 10.7. The lowest BCUT2D eigenvalue weighted by atomic mass is 10.0. The molecule has 5 aromatic carbocycles. The fourth-order valence-corrected chi connectivity index (χ4v) is 4.48. The van der Waals surface area contributed by atoms with Gasteiger partial charge in [0.15, 0.2) is 0 Å². The molecule has 0 aliphatic carbocycles. The Morgan fingerprint density at radius 2 is 1.00 bits per heavy atom. The number of benzene rings is 5. The first-order chi connectivity index (χ1) is 18.8. The van der Waals surface area contributed by atoms with E-state index in [1.54, 1.807) is 0 Å². The van der Waals surface area contributed by atoms with Crippen LogP contribution in [0.2, 0.25) is 0 Å². The van der Waals surface area contributed by atoms with E-state index in [2.05, 4.69) is 0 Å². The fourth-order valence-electron chi connectivity index (χ4n) is 4.48. The van der Waals surface area contributed by atoms with Crippen LogP contribution in [-0.2, 0) is 0 Å². The summed E-state index contributed by atoms with van der Waals surface area (Å²) < 4.78 is 0. The molecule has 0 heterocycles. The Balaban J connectivity index is 1.67. The monoisotopic (exact) mass is 514 g/mol. The van der Waals surface area contributed by atoms with E-state index in [0.717, 1.165) is 22.3 Å². The lowest BCUT2D eigenvalue weighted by Crippen LogP contribution is -2.26. The minimum atomic E-state index is -0.751. The predicted octanol–water partition coefficient (Wildman–Crippen LogP) is 5.97. The molecule has 0 bridgehead atoms. The van der Waals surface area contributed by atoms with E-state index in [1.807, 2.05) is 97.1 Å². The van der Waals surface area contributed by atoms with Gasteiger partial charge in [-0.2, -0.15) is 0 Å². The number of primary amides is 1. The van der Waals surface area contributed by atoms with Crippen LogP contribution in [0.5, 0.6) is 5.75 Å². The minimum absolute atomic E-state index is 0.0281. The van der Waals surface area contributed by atoms with Crippen molar-refractivity contribution in [1.82, 2.24) is 0 Å². The highest BCUT2D eigenvalue weighted by Gasteiger charge is 2.23. The molecular formula is C32H26N4O3. The highest BCUT2D eigenvalue weighted by molar-refractivity contribution is 6.12. The molecule has 192 valence electrons. The molecule has 7 nitrogen and oxygen atoms in total. The third-order valence-electron chi connectivity index (χ3n) is 6.30. The van der Waals surface area contributed by atoms with Crippen molar-refractivity contribution in [2.45, 2.75) is 0 Å². The number of amides is 2. The van der Waals surface area contributed by atoms with Crippen LogP contribution < -0.4 is 22.1 Å². The molecule has 0 atom stereocenters. The Bertz CT molecular complexity index is 1620. The average molecular weight is 515 g/mol. The zero-order valence-corrected chi connectivity index (χ0v) is 20.9. The van der Waals surface area contributed by atoms with Crippen molar-refractivity contribution in [3.8, 4) is 28.0 Å². The van der Waals surface area contributed by atoms with E-state index >= 15 is 0 Å². The highest BCUT2D eigenvalue weighted by Crippen LogP contribution is 2.35. The fraction of sp³-hybridized carbons (Fsp3) is 0. The van der Waals surface area contributed by atoms with Crippen LogP contribution in [0.3, 0.4) is 0 Å². The summed E-state index contributed by atoms with van der Waals surface area (Å²) in [5.74, 6) is -1.45. The maximum Gasteiger partial charge on any atom is 0.262 e. The van der Waals surface area contributed by atoms with E-state index in [4.69, 9.17) is 17.2 Å². The van der Waals surface area contributed by atoms with Crippen LogP contribution in [0.1, 0.15) is 20.7 Å². The van der Waals surface area contributed by atoms with E-state index in [-0.39, 0.29) is 16.9 Å². The van der Waals surface area contributed by atoms with Gasteiger partial charge >= 0.3 is 0 Å². The molecule has 7 heteroatoms. The number of hydrogen-bond donors (Lipinski definition) is 4. The van der Waals surface area contributed by atoms with Crippen molar-refractivity contribution in [3.63, 3.8) is 0 Å². The Labute approximate surface area is 225 Å². The molecule has 0 spiro atoms. The quantitative estimate of drug-likeness (QED) is 0.207. The molecule has 0 saturated heterocycles. The van der Waals surface area contributed by atoms with E-state index in [0.29, 0.717) is 22.7 Å². The van der Waals surface area contributed by atoms with Gasteiger partial charge in [0.1, 0.15) is 5.75 Å². The summed E-state index contributed by atoms with van der Waals surface area (Å²) in [6.07, 6.45) is 0. The van der Waals surface area contributed by atoms with E-state index in [9.17, 15) is 14.7 Å².